The van der Waals surface area contributed by atoms with Crippen LogP contribution in [-0.2, 0) is 0 Å². The zero-order valence-electron chi connectivity index (χ0n) is 12.8. The molecule has 4 heteroatoms. The summed E-state index contributed by atoms with van der Waals surface area (Å²) in [5.41, 5.74) is -0.347. The van der Waals surface area contributed by atoms with E-state index in [0.29, 0.717) is 12.1 Å². The molecule has 0 spiro atoms. The van der Waals surface area contributed by atoms with Crippen molar-refractivity contribution in [1.29, 1.82) is 5.26 Å². The zero-order chi connectivity index (χ0) is 14.0. The number of nitrogens with zero attached hydrogens (tertiary/aromatic N) is 3. The largest absolute Gasteiger partial charge is 0.305 e. The molecule has 1 aliphatic heterocycles. The molecule has 0 radical (unpaired) electrons. The lowest BCUT2D eigenvalue weighted by molar-refractivity contribution is 0.244. The van der Waals surface area contributed by atoms with Crippen molar-refractivity contribution >= 4 is 0 Å². The van der Waals surface area contributed by atoms with E-state index >= 15 is 0 Å². The SMILES string of the molecule is CC1CN(CCC(C)(C#N)NC2CC2)CC1N(C)C. The molecule has 2 rings (SSSR count). The number of likely N-dealkylation sites (tertiary alicyclic amines) is 1. The standard InChI is InChI=1S/C15H28N4/c1-12-9-19(10-14(12)18(3)4)8-7-15(2,11-16)17-13-5-6-13/h12-14,17H,5-10H2,1-4H3. The van der Waals surface area contributed by atoms with E-state index in [1.807, 2.05) is 6.92 Å². The summed E-state index contributed by atoms with van der Waals surface area (Å²) in [4.78, 5) is 4.84. The molecule has 19 heavy (non-hydrogen) atoms. The Morgan fingerprint density at radius 1 is 1.37 bits per heavy atom. The van der Waals surface area contributed by atoms with Crippen LogP contribution in [0.5, 0.6) is 0 Å². The molecule has 3 unspecified atom stereocenters. The van der Waals surface area contributed by atoms with Gasteiger partial charge in [0, 0.05) is 31.7 Å². The van der Waals surface area contributed by atoms with E-state index < -0.39 is 0 Å². The van der Waals surface area contributed by atoms with Crippen LogP contribution in [0.4, 0.5) is 0 Å². The fourth-order valence-electron chi connectivity index (χ4n) is 3.12. The van der Waals surface area contributed by atoms with Crippen molar-refractivity contribution in [3.63, 3.8) is 0 Å². The molecule has 0 bridgehead atoms. The molecule has 3 atom stereocenters. The smallest absolute Gasteiger partial charge is 0.105 e. The van der Waals surface area contributed by atoms with Crippen LogP contribution in [-0.4, -0.2) is 61.2 Å². The maximum Gasteiger partial charge on any atom is 0.105 e. The second-order valence-electron chi connectivity index (χ2n) is 6.88. The minimum Gasteiger partial charge on any atom is -0.305 e. The Kier molecular flexibility index (Phi) is 4.50. The number of hydrogen-bond donors (Lipinski definition) is 1. The summed E-state index contributed by atoms with van der Waals surface area (Å²) in [7, 11) is 4.33. The van der Waals surface area contributed by atoms with Gasteiger partial charge in [0.05, 0.1) is 6.07 Å². The Morgan fingerprint density at radius 2 is 2.05 bits per heavy atom. The van der Waals surface area contributed by atoms with E-state index in [-0.39, 0.29) is 5.54 Å². The zero-order valence-corrected chi connectivity index (χ0v) is 12.8. The molecule has 0 aromatic carbocycles. The number of hydrogen-bond acceptors (Lipinski definition) is 4. The third-order valence-electron chi connectivity index (χ3n) is 4.59. The molecule has 4 nitrogen and oxygen atoms in total. The first kappa shape index (κ1) is 14.8. The van der Waals surface area contributed by atoms with Crippen molar-refractivity contribution in [1.82, 2.24) is 15.1 Å². The van der Waals surface area contributed by atoms with Gasteiger partial charge in [-0.15, -0.1) is 0 Å². The summed E-state index contributed by atoms with van der Waals surface area (Å²) < 4.78 is 0. The van der Waals surface area contributed by atoms with Crippen LogP contribution in [0.15, 0.2) is 0 Å². The Hall–Kier alpha value is -0.630. The van der Waals surface area contributed by atoms with Crippen molar-refractivity contribution in [2.45, 2.75) is 50.7 Å². The fourth-order valence-corrected chi connectivity index (χ4v) is 3.12. The van der Waals surface area contributed by atoms with E-state index in [9.17, 15) is 5.26 Å². The normalized spacial score (nSPS) is 31.4. The Bertz CT molecular complexity index is 345. The highest BCUT2D eigenvalue weighted by Crippen LogP contribution is 2.25. The summed E-state index contributed by atoms with van der Waals surface area (Å²) in [6.07, 6.45) is 3.40. The third kappa shape index (κ3) is 3.92. The van der Waals surface area contributed by atoms with Crippen LogP contribution < -0.4 is 5.32 Å². The lowest BCUT2D eigenvalue weighted by Gasteiger charge is -2.26. The average molecular weight is 264 g/mol. The third-order valence-corrected chi connectivity index (χ3v) is 4.59. The van der Waals surface area contributed by atoms with Gasteiger partial charge in [-0.3, -0.25) is 5.32 Å². The topological polar surface area (TPSA) is 42.3 Å². The van der Waals surface area contributed by atoms with E-state index in [2.05, 4.69) is 42.2 Å². The second-order valence-corrected chi connectivity index (χ2v) is 6.88. The molecule has 0 aromatic rings. The van der Waals surface area contributed by atoms with Crippen LogP contribution in [0.3, 0.4) is 0 Å². The van der Waals surface area contributed by atoms with Gasteiger partial charge in [-0.25, -0.2) is 0 Å². The highest BCUT2D eigenvalue weighted by atomic mass is 15.2. The van der Waals surface area contributed by atoms with Crippen LogP contribution in [0.25, 0.3) is 0 Å². The van der Waals surface area contributed by atoms with Gasteiger partial charge in [-0.2, -0.15) is 5.26 Å². The van der Waals surface area contributed by atoms with E-state index in [4.69, 9.17) is 0 Å². The monoisotopic (exact) mass is 264 g/mol. The maximum absolute atomic E-state index is 9.39. The van der Waals surface area contributed by atoms with Crippen LogP contribution in [0.2, 0.25) is 0 Å². The summed E-state index contributed by atoms with van der Waals surface area (Å²) in [5, 5.41) is 12.9. The number of likely N-dealkylation sites (N-methyl/N-ethyl adjacent to an activating group) is 1. The van der Waals surface area contributed by atoms with Gasteiger partial charge in [-0.1, -0.05) is 6.92 Å². The summed E-state index contributed by atoms with van der Waals surface area (Å²) >= 11 is 0. The minimum atomic E-state index is -0.347. The predicted molar refractivity (Wildman–Crippen MR) is 77.9 cm³/mol. The summed E-state index contributed by atoms with van der Waals surface area (Å²) in [5.74, 6) is 0.722. The molecule has 0 aromatic heterocycles. The van der Waals surface area contributed by atoms with Gasteiger partial charge >= 0.3 is 0 Å². The molecular weight excluding hydrogens is 236 g/mol. The second kappa shape index (κ2) is 5.78. The quantitative estimate of drug-likeness (QED) is 0.785. The van der Waals surface area contributed by atoms with Crippen molar-refractivity contribution in [3.05, 3.63) is 0 Å². The van der Waals surface area contributed by atoms with Gasteiger partial charge in [0.25, 0.3) is 0 Å². The predicted octanol–water partition coefficient (Wildman–Crippen LogP) is 1.29. The molecule has 1 saturated carbocycles. The van der Waals surface area contributed by atoms with Gasteiger partial charge in [0.15, 0.2) is 0 Å². The van der Waals surface area contributed by atoms with Crippen molar-refractivity contribution in [2.24, 2.45) is 5.92 Å². The first-order valence-electron chi connectivity index (χ1n) is 7.51. The highest BCUT2D eigenvalue weighted by Gasteiger charge is 2.35. The molecule has 1 heterocycles. The highest BCUT2D eigenvalue weighted by molar-refractivity contribution is 5.07. The van der Waals surface area contributed by atoms with Gasteiger partial charge in [-0.05, 0) is 46.2 Å². The average Bonchev–Trinajstić information content (AvgIpc) is 3.07. The van der Waals surface area contributed by atoms with Crippen molar-refractivity contribution < 1.29 is 0 Å². The lowest BCUT2D eigenvalue weighted by Crippen LogP contribution is -2.45. The number of nitriles is 1. The Morgan fingerprint density at radius 3 is 2.53 bits per heavy atom. The molecule has 2 fully saturated rings. The lowest BCUT2D eigenvalue weighted by atomic mass is 9.99. The number of nitrogens with one attached hydrogen (secondary N) is 1. The summed E-state index contributed by atoms with van der Waals surface area (Å²) in [6, 6.07) is 3.72. The minimum absolute atomic E-state index is 0.347. The van der Waals surface area contributed by atoms with E-state index in [1.54, 1.807) is 0 Å². The van der Waals surface area contributed by atoms with E-state index in [1.165, 1.54) is 12.8 Å². The molecule has 0 amide bonds. The fraction of sp³-hybridized carbons (Fsp3) is 0.933. The first-order valence-corrected chi connectivity index (χ1v) is 7.51. The van der Waals surface area contributed by atoms with Gasteiger partial charge in [0.2, 0.25) is 0 Å². The van der Waals surface area contributed by atoms with E-state index in [0.717, 1.165) is 32.0 Å². The van der Waals surface area contributed by atoms with Crippen LogP contribution in [0, 0.1) is 17.2 Å². The van der Waals surface area contributed by atoms with Crippen molar-refractivity contribution in [2.75, 3.05) is 33.7 Å². The van der Waals surface area contributed by atoms with Gasteiger partial charge < -0.3 is 9.80 Å². The van der Waals surface area contributed by atoms with Crippen LogP contribution in [0.1, 0.15) is 33.1 Å². The first-order chi connectivity index (χ1) is 8.93. The Balaban J connectivity index is 1.80. The molecule has 1 aliphatic carbocycles. The Labute approximate surface area is 117 Å². The number of rotatable bonds is 6. The van der Waals surface area contributed by atoms with Crippen molar-refractivity contribution in [3.8, 4) is 6.07 Å². The maximum atomic E-state index is 9.39. The molecular formula is C15H28N4. The molecule has 108 valence electrons. The van der Waals surface area contributed by atoms with Crippen LogP contribution >= 0.6 is 0 Å². The molecule has 1 N–H and O–H groups in total. The summed E-state index contributed by atoms with van der Waals surface area (Å²) in [6.45, 7) is 7.70. The molecule has 2 aliphatic rings. The molecule has 1 saturated heterocycles. The van der Waals surface area contributed by atoms with Gasteiger partial charge in [0.1, 0.15) is 5.54 Å².